The number of allylic oxidation sites excluding steroid dienone is 3. The Bertz CT molecular complexity index is 3520. The lowest BCUT2D eigenvalue weighted by Crippen LogP contribution is -1.96. The zero-order valence-corrected chi connectivity index (χ0v) is 34.6. The number of aromatic amines is 1. The maximum Gasteiger partial charge on any atom is 0.160 e. The van der Waals surface area contributed by atoms with Crippen LogP contribution in [0.25, 0.3) is 111 Å². The topological polar surface area (TPSA) is 46.5 Å². The van der Waals surface area contributed by atoms with Gasteiger partial charge in [0.2, 0.25) is 0 Å². The molecule has 62 heavy (non-hydrogen) atoms. The van der Waals surface area contributed by atoms with E-state index in [1.807, 2.05) is 38.1 Å². The first-order valence-electron chi connectivity index (χ1n) is 21.1. The fraction of sp³-hybridized carbons (Fsp3) is 0.0345. The highest BCUT2D eigenvalue weighted by Crippen LogP contribution is 2.44. The van der Waals surface area contributed by atoms with E-state index in [2.05, 4.69) is 192 Å². The summed E-state index contributed by atoms with van der Waals surface area (Å²) in [6.45, 7) is 8.58. The minimum Gasteiger partial charge on any atom is -0.353 e. The number of aromatic nitrogens is 4. The molecule has 1 N–H and O–H groups in total. The molecule has 0 fully saturated rings. The quantitative estimate of drug-likeness (QED) is 0.156. The second kappa shape index (κ2) is 15.2. The third-order valence-corrected chi connectivity index (χ3v) is 12.0. The molecule has 3 aromatic heterocycles. The number of hydrogen-bond acceptors (Lipinski definition) is 2. The molecule has 8 aromatic carbocycles. The second-order valence-electron chi connectivity index (χ2n) is 16.0. The van der Waals surface area contributed by atoms with Gasteiger partial charge in [0.1, 0.15) is 0 Å². The molecule has 294 valence electrons. The summed E-state index contributed by atoms with van der Waals surface area (Å²) >= 11 is 0. The van der Waals surface area contributed by atoms with Crippen LogP contribution in [0, 0.1) is 6.92 Å². The maximum atomic E-state index is 5.22. The predicted molar refractivity (Wildman–Crippen MR) is 261 cm³/mol. The van der Waals surface area contributed by atoms with Gasteiger partial charge in [-0.05, 0) is 120 Å². The molecule has 0 aliphatic rings. The van der Waals surface area contributed by atoms with Crippen LogP contribution >= 0.6 is 0 Å². The normalized spacial score (nSPS) is 11.7. The van der Waals surface area contributed by atoms with Gasteiger partial charge in [0.15, 0.2) is 5.82 Å². The number of para-hydroxylation sites is 1. The van der Waals surface area contributed by atoms with Crippen molar-refractivity contribution in [1.82, 2.24) is 19.5 Å². The minimum absolute atomic E-state index is 0.702. The van der Waals surface area contributed by atoms with Gasteiger partial charge in [-0.2, -0.15) is 0 Å². The Morgan fingerprint density at radius 2 is 1.05 bits per heavy atom. The molecule has 0 aliphatic heterocycles. The van der Waals surface area contributed by atoms with Crippen LogP contribution < -0.4 is 0 Å². The molecule has 0 saturated heterocycles. The predicted octanol–water partition coefficient (Wildman–Crippen LogP) is 15.4. The van der Waals surface area contributed by atoms with Gasteiger partial charge in [-0.15, -0.1) is 0 Å². The van der Waals surface area contributed by atoms with Gasteiger partial charge in [-0.25, -0.2) is 9.97 Å². The molecule has 11 aromatic rings. The zero-order valence-electron chi connectivity index (χ0n) is 34.6. The molecular weight excluding hydrogens is 753 g/mol. The lowest BCUT2D eigenvalue weighted by molar-refractivity contribution is 1.12. The van der Waals surface area contributed by atoms with Gasteiger partial charge in [-0.3, -0.25) is 0 Å². The molecule has 4 nitrogen and oxygen atoms in total. The number of hydrogen-bond donors (Lipinski definition) is 1. The van der Waals surface area contributed by atoms with Crippen molar-refractivity contribution >= 4 is 49.2 Å². The van der Waals surface area contributed by atoms with Crippen molar-refractivity contribution < 1.29 is 0 Å². The Hall–Kier alpha value is -8.08. The van der Waals surface area contributed by atoms with E-state index in [4.69, 9.17) is 9.97 Å². The average Bonchev–Trinajstić information content (AvgIpc) is 3.87. The number of aryl methyl sites for hydroxylation is 1. The lowest BCUT2D eigenvalue weighted by Gasteiger charge is -2.11. The van der Waals surface area contributed by atoms with E-state index in [0.717, 1.165) is 88.9 Å². The fourth-order valence-electron chi connectivity index (χ4n) is 9.09. The fourth-order valence-corrected chi connectivity index (χ4v) is 9.09. The van der Waals surface area contributed by atoms with Crippen LogP contribution in [0.1, 0.15) is 18.2 Å². The van der Waals surface area contributed by atoms with E-state index in [1.165, 1.54) is 27.4 Å². The van der Waals surface area contributed by atoms with Crippen LogP contribution in [0.15, 0.2) is 207 Å². The number of benzene rings is 8. The molecule has 0 radical (unpaired) electrons. The smallest absolute Gasteiger partial charge is 0.160 e. The van der Waals surface area contributed by atoms with Crippen LogP contribution in [0.4, 0.5) is 0 Å². The zero-order chi connectivity index (χ0) is 41.7. The van der Waals surface area contributed by atoms with Gasteiger partial charge in [0, 0.05) is 49.6 Å². The molecule has 0 aliphatic carbocycles. The summed E-state index contributed by atoms with van der Waals surface area (Å²) in [6.07, 6.45) is 4.12. The summed E-state index contributed by atoms with van der Waals surface area (Å²) in [5, 5.41) is 4.66. The van der Waals surface area contributed by atoms with Crippen LogP contribution in [0.3, 0.4) is 0 Å². The first kappa shape index (κ1) is 37.0. The summed E-state index contributed by atoms with van der Waals surface area (Å²) in [6, 6.07) is 67.4. The Morgan fingerprint density at radius 3 is 1.71 bits per heavy atom. The van der Waals surface area contributed by atoms with E-state index in [-0.39, 0.29) is 0 Å². The van der Waals surface area contributed by atoms with Crippen molar-refractivity contribution in [3.05, 3.63) is 218 Å². The molecule has 0 bridgehead atoms. The Labute approximate surface area is 360 Å². The van der Waals surface area contributed by atoms with Gasteiger partial charge in [0.05, 0.1) is 27.8 Å². The molecule has 0 amide bonds. The maximum absolute atomic E-state index is 5.22. The van der Waals surface area contributed by atoms with E-state index in [1.54, 1.807) is 0 Å². The molecule has 0 spiro atoms. The summed E-state index contributed by atoms with van der Waals surface area (Å²) in [5.41, 5.74) is 18.2. The highest BCUT2D eigenvalue weighted by atomic mass is 15.0. The minimum atomic E-state index is 0.702. The van der Waals surface area contributed by atoms with E-state index >= 15 is 0 Å². The van der Waals surface area contributed by atoms with Crippen molar-refractivity contribution in [3.8, 4) is 61.7 Å². The standard InChI is InChI=1S/C58H42N4/c1-4-17-37(2)44-33-50-51-36-45(40-20-11-6-12-21-40)35-47(56(51)61-57(50)52(34-44)53-30-38(3)59-58(60-53)41-22-13-7-14-23-41)43-27-29-55-49(32-43)48-31-42(39-18-9-5-10-19-39)26-28-54(48)62(55)46-24-15-8-16-25-46/h4-36,61H,2H2,1,3H3. The van der Waals surface area contributed by atoms with Gasteiger partial charge < -0.3 is 9.55 Å². The third kappa shape index (κ3) is 6.41. The molecule has 4 heteroatoms. The second-order valence-corrected chi connectivity index (χ2v) is 16.0. The third-order valence-electron chi connectivity index (χ3n) is 12.0. The van der Waals surface area contributed by atoms with E-state index in [9.17, 15) is 0 Å². The number of fused-ring (bicyclic) bond motifs is 6. The number of nitrogens with zero attached hydrogens (tertiary/aromatic N) is 3. The van der Waals surface area contributed by atoms with Crippen molar-refractivity contribution in [2.75, 3.05) is 0 Å². The number of nitrogens with one attached hydrogen (secondary N) is 1. The van der Waals surface area contributed by atoms with Crippen LogP contribution in [0.5, 0.6) is 0 Å². The van der Waals surface area contributed by atoms with Crippen LogP contribution in [0.2, 0.25) is 0 Å². The lowest BCUT2D eigenvalue weighted by atomic mass is 9.93. The van der Waals surface area contributed by atoms with Crippen molar-refractivity contribution in [2.45, 2.75) is 13.8 Å². The summed E-state index contributed by atoms with van der Waals surface area (Å²) in [5.74, 6) is 0.702. The van der Waals surface area contributed by atoms with Crippen molar-refractivity contribution in [1.29, 1.82) is 0 Å². The van der Waals surface area contributed by atoms with Crippen molar-refractivity contribution in [3.63, 3.8) is 0 Å². The van der Waals surface area contributed by atoms with E-state index < -0.39 is 0 Å². The largest absolute Gasteiger partial charge is 0.353 e. The Morgan fingerprint density at radius 1 is 0.500 bits per heavy atom. The molecule has 0 unspecified atom stereocenters. The first-order valence-corrected chi connectivity index (χ1v) is 21.1. The van der Waals surface area contributed by atoms with E-state index in [0.29, 0.717) is 5.82 Å². The van der Waals surface area contributed by atoms with Crippen LogP contribution in [-0.4, -0.2) is 19.5 Å². The summed E-state index contributed by atoms with van der Waals surface area (Å²) in [4.78, 5) is 14.1. The molecule has 11 rings (SSSR count). The van der Waals surface area contributed by atoms with Crippen LogP contribution in [-0.2, 0) is 0 Å². The molecule has 3 heterocycles. The number of H-pyrrole nitrogens is 1. The average molecular weight is 795 g/mol. The van der Waals surface area contributed by atoms with Gasteiger partial charge in [0.25, 0.3) is 0 Å². The SMILES string of the molecule is C=C(C=CC)c1cc(-c2cc(C)nc(-c3ccccc3)n2)c2[nH]c3c(-c4ccc5c(c4)c4cc(-c6ccccc6)ccc4n5-c4ccccc4)cc(-c4ccccc4)cc3c2c1. The molecular formula is C58H42N4. The van der Waals surface area contributed by atoms with Gasteiger partial charge >= 0.3 is 0 Å². The Kier molecular flexibility index (Phi) is 9.05. The number of rotatable bonds is 8. The highest BCUT2D eigenvalue weighted by molar-refractivity contribution is 6.18. The molecule has 0 saturated carbocycles. The first-order chi connectivity index (χ1) is 30.5. The monoisotopic (exact) mass is 794 g/mol. The summed E-state index contributed by atoms with van der Waals surface area (Å²) < 4.78 is 2.39. The van der Waals surface area contributed by atoms with Crippen molar-refractivity contribution in [2.24, 2.45) is 0 Å². The summed E-state index contributed by atoms with van der Waals surface area (Å²) in [7, 11) is 0. The van der Waals surface area contributed by atoms with Gasteiger partial charge in [-0.1, -0.05) is 140 Å². The molecule has 0 atom stereocenters. The highest BCUT2D eigenvalue weighted by Gasteiger charge is 2.21. The Balaban J connectivity index is 1.21.